The molecule has 19 heavy (non-hydrogen) atoms. The molecule has 1 unspecified atom stereocenters. The molecule has 0 radical (unpaired) electrons. The Morgan fingerprint density at radius 1 is 1.47 bits per heavy atom. The molecule has 1 atom stereocenters. The SMILES string of the molecule is CCCN(C(C)=O)C(C(=O)O)c1ccc(Br)c(F)c1. The van der Waals surface area contributed by atoms with Crippen molar-refractivity contribution in [1.29, 1.82) is 0 Å². The third kappa shape index (κ3) is 3.76. The number of hydrogen-bond donors (Lipinski definition) is 1. The summed E-state index contributed by atoms with van der Waals surface area (Å²) >= 11 is 3.01. The Kier molecular flexibility index (Phi) is 5.47. The molecule has 0 saturated carbocycles. The van der Waals surface area contributed by atoms with E-state index >= 15 is 0 Å². The van der Waals surface area contributed by atoms with Gasteiger partial charge in [-0.2, -0.15) is 0 Å². The fraction of sp³-hybridized carbons (Fsp3) is 0.385. The molecular formula is C13H15BrFNO3. The van der Waals surface area contributed by atoms with Gasteiger partial charge in [0.2, 0.25) is 5.91 Å². The van der Waals surface area contributed by atoms with Crippen molar-refractivity contribution >= 4 is 27.8 Å². The lowest BCUT2D eigenvalue weighted by Crippen LogP contribution is -2.38. The van der Waals surface area contributed by atoms with Crippen molar-refractivity contribution in [3.63, 3.8) is 0 Å². The minimum absolute atomic E-state index is 0.247. The molecule has 0 aliphatic heterocycles. The Morgan fingerprint density at radius 2 is 2.11 bits per heavy atom. The topological polar surface area (TPSA) is 57.6 Å². The van der Waals surface area contributed by atoms with Gasteiger partial charge in [-0.15, -0.1) is 0 Å². The number of amides is 1. The van der Waals surface area contributed by atoms with E-state index in [2.05, 4.69) is 15.9 Å². The monoisotopic (exact) mass is 331 g/mol. The van der Waals surface area contributed by atoms with Crippen molar-refractivity contribution in [2.75, 3.05) is 6.54 Å². The average Bonchev–Trinajstić information content (AvgIpc) is 2.32. The highest BCUT2D eigenvalue weighted by Gasteiger charge is 2.29. The summed E-state index contributed by atoms with van der Waals surface area (Å²) in [4.78, 5) is 24.2. The lowest BCUT2D eigenvalue weighted by molar-refractivity contribution is -0.149. The van der Waals surface area contributed by atoms with E-state index in [-0.39, 0.29) is 15.9 Å². The van der Waals surface area contributed by atoms with Crippen LogP contribution in [0.4, 0.5) is 4.39 Å². The predicted octanol–water partition coefficient (Wildman–Crippen LogP) is 2.97. The summed E-state index contributed by atoms with van der Waals surface area (Å²) < 4.78 is 13.8. The maximum atomic E-state index is 13.5. The first kappa shape index (κ1) is 15.6. The van der Waals surface area contributed by atoms with Crippen LogP contribution in [0.1, 0.15) is 31.9 Å². The smallest absolute Gasteiger partial charge is 0.331 e. The van der Waals surface area contributed by atoms with Gasteiger partial charge in [-0.05, 0) is 40.0 Å². The van der Waals surface area contributed by atoms with Crippen LogP contribution in [0, 0.1) is 5.82 Å². The Balaban J connectivity index is 3.21. The second-order valence-electron chi connectivity index (χ2n) is 4.13. The van der Waals surface area contributed by atoms with E-state index in [0.717, 1.165) is 6.07 Å². The van der Waals surface area contributed by atoms with Crippen LogP contribution in [0.25, 0.3) is 0 Å². The summed E-state index contributed by atoms with van der Waals surface area (Å²) in [7, 11) is 0. The van der Waals surface area contributed by atoms with Crippen LogP contribution < -0.4 is 0 Å². The first-order valence-electron chi connectivity index (χ1n) is 5.83. The summed E-state index contributed by atoms with van der Waals surface area (Å²) in [6.45, 7) is 3.46. The van der Waals surface area contributed by atoms with Gasteiger partial charge in [-0.25, -0.2) is 9.18 Å². The van der Waals surface area contributed by atoms with E-state index in [9.17, 15) is 19.1 Å². The Labute approximate surface area is 119 Å². The molecule has 1 amide bonds. The van der Waals surface area contributed by atoms with Crippen LogP contribution in [0.5, 0.6) is 0 Å². The number of benzene rings is 1. The highest BCUT2D eigenvalue weighted by Crippen LogP contribution is 2.25. The zero-order valence-corrected chi connectivity index (χ0v) is 12.3. The van der Waals surface area contributed by atoms with Gasteiger partial charge in [0.1, 0.15) is 5.82 Å². The number of carboxylic acids is 1. The molecule has 4 nitrogen and oxygen atoms in total. The first-order chi connectivity index (χ1) is 8.88. The number of rotatable bonds is 5. The molecule has 0 fully saturated rings. The minimum atomic E-state index is -1.18. The standard InChI is InChI=1S/C13H15BrFNO3/c1-3-6-16(8(2)17)12(13(18)19)9-4-5-10(14)11(15)7-9/h4-5,7,12H,3,6H2,1-2H3,(H,18,19). The molecule has 1 aromatic carbocycles. The van der Waals surface area contributed by atoms with E-state index in [0.29, 0.717) is 13.0 Å². The number of aliphatic carboxylic acids is 1. The van der Waals surface area contributed by atoms with Crippen molar-refractivity contribution in [2.45, 2.75) is 26.3 Å². The van der Waals surface area contributed by atoms with Gasteiger partial charge in [-0.3, -0.25) is 4.79 Å². The van der Waals surface area contributed by atoms with Crippen LogP contribution in [0.2, 0.25) is 0 Å². The molecule has 0 aliphatic carbocycles. The first-order valence-corrected chi connectivity index (χ1v) is 6.62. The van der Waals surface area contributed by atoms with E-state index in [1.165, 1.54) is 24.0 Å². The van der Waals surface area contributed by atoms with Crippen LogP contribution >= 0.6 is 15.9 Å². The highest BCUT2D eigenvalue weighted by atomic mass is 79.9. The number of hydrogen-bond acceptors (Lipinski definition) is 2. The van der Waals surface area contributed by atoms with E-state index in [1.807, 2.05) is 6.92 Å². The minimum Gasteiger partial charge on any atom is -0.479 e. The number of carboxylic acid groups (broad SMARTS) is 1. The van der Waals surface area contributed by atoms with Gasteiger partial charge in [-0.1, -0.05) is 13.0 Å². The summed E-state index contributed by atoms with van der Waals surface area (Å²) in [6.07, 6.45) is 0.627. The van der Waals surface area contributed by atoms with Crippen molar-refractivity contribution < 1.29 is 19.1 Å². The Morgan fingerprint density at radius 3 is 2.53 bits per heavy atom. The molecule has 0 heterocycles. The highest BCUT2D eigenvalue weighted by molar-refractivity contribution is 9.10. The van der Waals surface area contributed by atoms with Gasteiger partial charge in [0.15, 0.2) is 6.04 Å². The second-order valence-corrected chi connectivity index (χ2v) is 4.98. The largest absolute Gasteiger partial charge is 0.479 e. The quantitative estimate of drug-likeness (QED) is 0.902. The molecule has 104 valence electrons. The predicted molar refractivity (Wildman–Crippen MR) is 72.2 cm³/mol. The summed E-state index contributed by atoms with van der Waals surface area (Å²) in [6, 6.07) is 2.90. The van der Waals surface area contributed by atoms with Gasteiger partial charge in [0, 0.05) is 13.5 Å². The van der Waals surface area contributed by atoms with Gasteiger partial charge < -0.3 is 10.0 Å². The molecule has 0 bridgehead atoms. The van der Waals surface area contributed by atoms with E-state index in [4.69, 9.17) is 0 Å². The van der Waals surface area contributed by atoms with Gasteiger partial charge in [0.25, 0.3) is 0 Å². The van der Waals surface area contributed by atoms with Crippen molar-refractivity contribution in [3.05, 3.63) is 34.1 Å². The zero-order chi connectivity index (χ0) is 14.6. The molecule has 0 aliphatic rings. The van der Waals surface area contributed by atoms with Crippen LogP contribution in [-0.2, 0) is 9.59 Å². The number of carbonyl (C=O) groups excluding carboxylic acids is 1. The fourth-order valence-corrected chi connectivity index (χ4v) is 2.09. The molecule has 1 N–H and O–H groups in total. The maximum absolute atomic E-state index is 13.5. The summed E-state index contributed by atoms with van der Waals surface area (Å²) in [5.41, 5.74) is 0.247. The van der Waals surface area contributed by atoms with Crippen LogP contribution in [0.15, 0.2) is 22.7 Å². The lowest BCUT2D eigenvalue weighted by atomic mass is 10.0. The van der Waals surface area contributed by atoms with Crippen molar-refractivity contribution in [1.82, 2.24) is 4.90 Å². The van der Waals surface area contributed by atoms with Crippen LogP contribution in [-0.4, -0.2) is 28.4 Å². The second kappa shape index (κ2) is 6.65. The lowest BCUT2D eigenvalue weighted by Gasteiger charge is -2.28. The fourth-order valence-electron chi connectivity index (χ4n) is 1.85. The Hall–Kier alpha value is -1.43. The molecule has 0 aromatic heterocycles. The molecule has 6 heteroatoms. The molecule has 1 aromatic rings. The van der Waals surface area contributed by atoms with E-state index in [1.54, 1.807) is 0 Å². The summed E-state index contributed by atoms with van der Waals surface area (Å²) in [5, 5.41) is 9.30. The summed E-state index contributed by atoms with van der Waals surface area (Å²) in [5.74, 6) is -2.08. The third-order valence-corrected chi connectivity index (χ3v) is 3.32. The van der Waals surface area contributed by atoms with Crippen molar-refractivity contribution in [3.8, 4) is 0 Å². The Bertz CT molecular complexity index is 493. The molecule has 1 rings (SSSR count). The van der Waals surface area contributed by atoms with Gasteiger partial charge in [0.05, 0.1) is 4.47 Å². The number of nitrogens with zero attached hydrogens (tertiary/aromatic N) is 1. The molecule has 0 spiro atoms. The van der Waals surface area contributed by atoms with Gasteiger partial charge >= 0.3 is 5.97 Å². The third-order valence-electron chi connectivity index (χ3n) is 2.67. The average molecular weight is 332 g/mol. The number of carbonyl (C=O) groups is 2. The van der Waals surface area contributed by atoms with E-state index < -0.39 is 17.8 Å². The normalized spacial score (nSPS) is 12.0. The molecule has 0 saturated heterocycles. The maximum Gasteiger partial charge on any atom is 0.331 e. The molecular weight excluding hydrogens is 317 g/mol. The number of halogens is 2. The van der Waals surface area contributed by atoms with Crippen LogP contribution in [0.3, 0.4) is 0 Å². The zero-order valence-electron chi connectivity index (χ0n) is 10.7. The van der Waals surface area contributed by atoms with Crippen molar-refractivity contribution in [2.24, 2.45) is 0 Å².